The molecule has 0 aromatic rings. The van der Waals surface area contributed by atoms with E-state index in [9.17, 15) is 0 Å². The van der Waals surface area contributed by atoms with Gasteiger partial charge in [-0.2, -0.15) is 5.06 Å². The average molecular weight is 161 g/mol. The van der Waals surface area contributed by atoms with Crippen LogP contribution in [0.25, 0.3) is 0 Å². The van der Waals surface area contributed by atoms with Gasteiger partial charge in [0.25, 0.3) is 0 Å². The Morgan fingerprint density at radius 3 is 2.64 bits per heavy atom. The summed E-state index contributed by atoms with van der Waals surface area (Å²) < 4.78 is 0. The van der Waals surface area contributed by atoms with Crippen molar-refractivity contribution < 1.29 is 15.4 Å². The van der Waals surface area contributed by atoms with Crippen LogP contribution in [0.1, 0.15) is 6.92 Å². The zero-order valence-corrected chi connectivity index (χ0v) is 6.05. The van der Waals surface area contributed by atoms with Gasteiger partial charge in [-0.25, -0.2) is 4.99 Å². The van der Waals surface area contributed by atoms with E-state index in [2.05, 4.69) is 4.99 Å². The third-order valence-corrected chi connectivity index (χ3v) is 1.62. The molecule has 0 saturated carbocycles. The molecule has 1 aliphatic rings. The first-order valence-corrected chi connectivity index (χ1v) is 3.21. The van der Waals surface area contributed by atoms with Crippen LogP contribution < -0.4 is 5.73 Å². The van der Waals surface area contributed by atoms with Gasteiger partial charge in [0, 0.05) is 0 Å². The smallest absolute Gasteiger partial charge is 0.218 e. The van der Waals surface area contributed by atoms with Crippen molar-refractivity contribution in [3.8, 4) is 0 Å². The Morgan fingerprint density at radius 1 is 1.55 bits per heavy atom. The van der Waals surface area contributed by atoms with E-state index in [1.807, 2.05) is 0 Å². The van der Waals surface area contributed by atoms with Crippen LogP contribution in [0, 0.1) is 0 Å². The Bertz CT molecular complexity index is 184. The predicted octanol–water partition coefficient (Wildman–Crippen LogP) is -1.93. The number of hydrogen-bond donors (Lipinski definition) is 4. The highest BCUT2D eigenvalue weighted by Crippen LogP contribution is 2.11. The van der Waals surface area contributed by atoms with Crippen molar-refractivity contribution in [3.63, 3.8) is 0 Å². The number of guanidine groups is 1. The summed E-state index contributed by atoms with van der Waals surface area (Å²) in [7, 11) is 0. The van der Waals surface area contributed by atoms with Crippen molar-refractivity contribution in [3.05, 3.63) is 0 Å². The number of nitrogens with zero attached hydrogens (tertiary/aromatic N) is 2. The van der Waals surface area contributed by atoms with Gasteiger partial charge in [0.15, 0.2) is 6.23 Å². The maximum Gasteiger partial charge on any atom is 0.218 e. The number of aliphatic hydroxyl groups is 2. The van der Waals surface area contributed by atoms with Gasteiger partial charge in [0.1, 0.15) is 6.10 Å². The predicted molar refractivity (Wildman–Crippen MR) is 36.7 cm³/mol. The van der Waals surface area contributed by atoms with Gasteiger partial charge >= 0.3 is 0 Å². The summed E-state index contributed by atoms with van der Waals surface area (Å²) in [6, 6.07) is -0.492. The van der Waals surface area contributed by atoms with Crippen molar-refractivity contribution in [1.82, 2.24) is 5.06 Å². The Hall–Kier alpha value is -0.850. The van der Waals surface area contributed by atoms with Crippen LogP contribution in [0.4, 0.5) is 0 Å². The van der Waals surface area contributed by atoms with Gasteiger partial charge in [-0.15, -0.1) is 0 Å². The third-order valence-electron chi connectivity index (χ3n) is 1.62. The summed E-state index contributed by atoms with van der Waals surface area (Å²) in [4.78, 5) is 3.66. The first-order chi connectivity index (χ1) is 5.04. The first-order valence-electron chi connectivity index (χ1n) is 3.21. The molecule has 0 fully saturated rings. The van der Waals surface area contributed by atoms with E-state index in [4.69, 9.17) is 21.2 Å². The second-order valence-corrected chi connectivity index (χ2v) is 2.48. The largest absolute Gasteiger partial charge is 0.386 e. The summed E-state index contributed by atoms with van der Waals surface area (Å²) >= 11 is 0. The number of hydroxylamine groups is 2. The van der Waals surface area contributed by atoms with Crippen molar-refractivity contribution >= 4 is 5.96 Å². The summed E-state index contributed by atoms with van der Waals surface area (Å²) in [5, 5.41) is 27.4. The molecule has 3 atom stereocenters. The molecule has 6 heteroatoms. The lowest BCUT2D eigenvalue weighted by Crippen LogP contribution is -2.55. The van der Waals surface area contributed by atoms with E-state index in [0.29, 0.717) is 5.06 Å². The van der Waals surface area contributed by atoms with Gasteiger partial charge in [0.2, 0.25) is 5.96 Å². The second-order valence-electron chi connectivity index (χ2n) is 2.48. The maximum absolute atomic E-state index is 9.12. The van der Waals surface area contributed by atoms with E-state index in [-0.39, 0.29) is 5.96 Å². The maximum atomic E-state index is 9.12. The molecule has 0 aliphatic carbocycles. The van der Waals surface area contributed by atoms with E-state index in [0.717, 1.165) is 0 Å². The van der Waals surface area contributed by atoms with Gasteiger partial charge in [-0.05, 0) is 6.92 Å². The zero-order chi connectivity index (χ0) is 8.59. The van der Waals surface area contributed by atoms with E-state index in [1.165, 1.54) is 0 Å². The summed E-state index contributed by atoms with van der Waals surface area (Å²) in [5.41, 5.74) is 5.18. The van der Waals surface area contributed by atoms with Gasteiger partial charge in [0.05, 0.1) is 6.04 Å². The van der Waals surface area contributed by atoms with Crippen LogP contribution in [-0.4, -0.2) is 44.8 Å². The molecule has 64 valence electrons. The van der Waals surface area contributed by atoms with Crippen LogP contribution in [0.3, 0.4) is 0 Å². The summed E-state index contributed by atoms with van der Waals surface area (Å²) in [5.74, 6) is -0.185. The topological polar surface area (TPSA) is 102 Å². The molecular weight excluding hydrogens is 150 g/mol. The molecular formula is C5H11N3O3. The Morgan fingerprint density at radius 2 is 2.09 bits per heavy atom. The Balaban J connectivity index is 2.83. The first kappa shape index (κ1) is 8.25. The van der Waals surface area contributed by atoms with Crippen molar-refractivity contribution in [1.29, 1.82) is 0 Å². The molecule has 0 saturated heterocycles. The minimum absolute atomic E-state index is 0.185. The number of aliphatic imine (C=N–C) groups is 1. The van der Waals surface area contributed by atoms with Crippen LogP contribution in [0.5, 0.6) is 0 Å². The normalized spacial score (nSPS) is 38.7. The molecule has 0 radical (unpaired) electrons. The molecule has 0 spiro atoms. The highest BCUT2D eigenvalue weighted by atomic mass is 16.5. The lowest BCUT2D eigenvalue weighted by atomic mass is 10.1. The molecule has 1 rings (SSSR count). The molecule has 0 aromatic carbocycles. The minimum atomic E-state index is -1.39. The minimum Gasteiger partial charge on any atom is -0.386 e. The van der Waals surface area contributed by atoms with Crippen molar-refractivity contribution in [2.45, 2.75) is 25.3 Å². The number of rotatable bonds is 0. The average Bonchev–Trinajstić information content (AvgIpc) is 1.97. The second kappa shape index (κ2) is 2.65. The van der Waals surface area contributed by atoms with E-state index < -0.39 is 18.4 Å². The summed E-state index contributed by atoms with van der Waals surface area (Å²) in [6.07, 6.45) is -2.49. The molecule has 0 aromatic heterocycles. The molecule has 1 aliphatic heterocycles. The van der Waals surface area contributed by atoms with E-state index in [1.54, 1.807) is 6.92 Å². The highest BCUT2D eigenvalue weighted by molar-refractivity contribution is 5.78. The molecule has 6 nitrogen and oxygen atoms in total. The van der Waals surface area contributed by atoms with Crippen LogP contribution in [-0.2, 0) is 0 Å². The molecule has 0 unspecified atom stereocenters. The number of aliphatic hydroxyl groups excluding tert-OH is 2. The summed E-state index contributed by atoms with van der Waals surface area (Å²) in [6.45, 7) is 1.59. The van der Waals surface area contributed by atoms with Crippen LogP contribution in [0.15, 0.2) is 4.99 Å². The molecule has 11 heavy (non-hydrogen) atoms. The van der Waals surface area contributed by atoms with Crippen molar-refractivity contribution in [2.75, 3.05) is 0 Å². The number of hydrogen-bond acceptors (Lipinski definition) is 6. The SMILES string of the molecule is C[C@H]1N=C(N)N(O)[C@H](O)[C@H]1O. The highest BCUT2D eigenvalue weighted by Gasteiger charge is 2.33. The van der Waals surface area contributed by atoms with Crippen LogP contribution in [0.2, 0.25) is 0 Å². The van der Waals surface area contributed by atoms with Gasteiger partial charge in [-0.3, -0.25) is 5.21 Å². The fourth-order valence-corrected chi connectivity index (χ4v) is 0.873. The molecule has 0 bridgehead atoms. The molecule has 0 amide bonds. The molecule has 1 heterocycles. The van der Waals surface area contributed by atoms with E-state index >= 15 is 0 Å². The van der Waals surface area contributed by atoms with Gasteiger partial charge < -0.3 is 15.9 Å². The Labute approximate surface area is 63.5 Å². The fourth-order valence-electron chi connectivity index (χ4n) is 0.873. The quantitative estimate of drug-likeness (QED) is 0.331. The Kier molecular flexibility index (Phi) is 1.99. The lowest BCUT2D eigenvalue weighted by molar-refractivity contribution is -0.190. The van der Waals surface area contributed by atoms with Crippen molar-refractivity contribution in [2.24, 2.45) is 10.7 Å². The monoisotopic (exact) mass is 161 g/mol. The number of nitrogens with two attached hydrogens (primary N) is 1. The van der Waals surface area contributed by atoms with Crippen LogP contribution >= 0.6 is 0 Å². The standard InChI is InChI=1S/C5H11N3O3/c1-2-3(9)4(10)8(11)5(6)7-2/h2-4,9-11H,1H3,(H2,6,7)/t2-,3+,4-/m1/s1. The molecule has 5 N–H and O–H groups in total. The fraction of sp³-hybridized carbons (Fsp3) is 0.800. The van der Waals surface area contributed by atoms with Gasteiger partial charge in [-0.1, -0.05) is 0 Å². The zero-order valence-electron chi connectivity index (χ0n) is 6.05. The third kappa shape index (κ3) is 1.28. The lowest BCUT2D eigenvalue weighted by Gasteiger charge is -2.32.